The van der Waals surface area contributed by atoms with E-state index in [1.54, 1.807) is 12.1 Å². The molecular weight excluding hydrogens is 402 g/mol. The molecule has 4 aromatic rings. The number of anilines is 1. The number of ether oxygens (including phenoxy) is 1. The molecule has 0 aliphatic carbocycles. The van der Waals surface area contributed by atoms with E-state index in [-0.39, 0.29) is 5.56 Å². The molecule has 0 aliphatic heterocycles. The summed E-state index contributed by atoms with van der Waals surface area (Å²) in [6, 6.07) is 24.5. The van der Waals surface area contributed by atoms with Crippen molar-refractivity contribution >= 4 is 16.6 Å². The second-order valence-electron chi connectivity index (χ2n) is 7.75. The monoisotopic (exact) mass is 429 g/mol. The van der Waals surface area contributed by atoms with E-state index in [1.165, 1.54) is 11.6 Å². The number of H-pyrrole nitrogens is 1. The fourth-order valence-corrected chi connectivity index (χ4v) is 3.66. The minimum Gasteiger partial charge on any atom is -0.487 e. The van der Waals surface area contributed by atoms with Crippen molar-refractivity contribution in [2.45, 2.75) is 19.1 Å². The average Bonchev–Trinajstić information content (AvgIpc) is 2.82. The number of nitrogens with two attached hydrogens (primary N) is 1. The van der Waals surface area contributed by atoms with Gasteiger partial charge in [-0.25, -0.2) is 0 Å². The molecule has 0 bridgehead atoms. The van der Waals surface area contributed by atoms with Gasteiger partial charge < -0.3 is 25.9 Å². The third-order valence-electron chi connectivity index (χ3n) is 5.39. The molecule has 164 valence electrons. The van der Waals surface area contributed by atoms with E-state index in [2.05, 4.69) is 10.3 Å². The lowest BCUT2D eigenvalue weighted by atomic mass is 10.0. The molecule has 1 atom stereocenters. The number of pyridine rings is 1. The van der Waals surface area contributed by atoms with Gasteiger partial charge in [0, 0.05) is 23.7 Å². The summed E-state index contributed by atoms with van der Waals surface area (Å²) in [5, 5.41) is 14.9. The van der Waals surface area contributed by atoms with Gasteiger partial charge in [-0.2, -0.15) is 0 Å². The Morgan fingerprint density at radius 3 is 2.50 bits per heavy atom. The van der Waals surface area contributed by atoms with Gasteiger partial charge in [-0.05, 0) is 53.9 Å². The highest BCUT2D eigenvalue weighted by molar-refractivity contribution is 5.87. The quantitative estimate of drug-likeness (QED) is 0.241. The Labute approximate surface area is 186 Å². The minimum absolute atomic E-state index is 0.213. The number of aromatic amines is 1. The predicted octanol–water partition coefficient (Wildman–Crippen LogP) is 3.56. The van der Waals surface area contributed by atoms with Crippen LogP contribution >= 0.6 is 0 Å². The van der Waals surface area contributed by atoms with Crippen molar-refractivity contribution in [3.8, 4) is 5.75 Å². The number of nitrogens with one attached hydrogen (secondary N) is 2. The van der Waals surface area contributed by atoms with Gasteiger partial charge in [-0.3, -0.25) is 4.79 Å². The molecule has 6 nitrogen and oxygen atoms in total. The molecule has 3 aromatic carbocycles. The van der Waals surface area contributed by atoms with Gasteiger partial charge in [-0.15, -0.1) is 0 Å². The van der Waals surface area contributed by atoms with Crippen molar-refractivity contribution in [2.24, 2.45) is 0 Å². The topological polar surface area (TPSA) is 100 Å². The van der Waals surface area contributed by atoms with Crippen molar-refractivity contribution in [1.29, 1.82) is 0 Å². The van der Waals surface area contributed by atoms with Gasteiger partial charge in [0.15, 0.2) is 0 Å². The molecule has 4 rings (SSSR count). The molecule has 0 radical (unpaired) electrons. The zero-order valence-corrected chi connectivity index (χ0v) is 17.8. The molecule has 32 heavy (non-hydrogen) atoms. The fraction of sp³-hybridized carbons (Fsp3) is 0.192. The smallest absolute Gasteiger partial charge is 0.248 e. The Hall–Kier alpha value is -3.61. The van der Waals surface area contributed by atoms with Crippen LogP contribution in [0.25, 0.3) is 10.9 Å². The highest BCUT2D eigenvalue weighted by Crippen LogP contribution is 2.30. The second kappa shape index (κ2) is 10.1. The third kappa shape index (κ3) is 5.35. The van der Waals surface area contributed by atoms with Gasteiger partial charge >= 0.3 is 0 Å². The molecule has 0 fully saturated rings. The zero-order chi connectivity index (χ0) is 22.3. The maximum absolute atomic E-state index is 12.0. The van der Waals surface area contributed by atoms with Crippen LogP contribution in [0, 0.1) is 0 Å². The summed E-state index contributed by atoms with van der Waals surface area (Å²) in [4.78, 5) is 14.8. The standard InChI is InChI=1S/C26H27N3O3/c27-20-8-6-18(7-9-20)14-15-28-16-23(30)21-10-12-24(26-22(21)11-13-25(31)29-26)32-17-19-4-2-1-3-5-19/h1-13,23,28,30H,14-17,27H2,(H,29,31)/t23-/m0/s1. The van der Waals surface area contributed by atoms with Crippen LogP contribution in [-0.2, 0) is 13.0 Å². The third-order valence-corrected chi connectivity index (χ3v) is 5.39. The van der Waals surface area contributed by atoms with Crippen LogP contribution in [0.2, 0.25) is 0 Å². The molecule has 0 amide bonds. The van der Waals surface area contributed by atoms with E-state index in [4.69, 9.17) is 10.5 Å². The fourth-order valence-electron chi connectivity index (χ4n) is 3.66. The molecule has 0 unspecified atom stereocenters. The van der Waals surface area contributed by atoms with Gasteiger partial charge in [0.05, 0.1) is 11.6 Å². The first-order valence-corrected chi connectivity index (χ1v) is 10.7. The highest BCUT2D eigenvalue weighted by Gasteiger charge is 2.15. The van der Waals surface area contributed by atoms with E-state index in [1.807, 2.05) is 60.7 Å². The van der Waals surface area contributed by atoms with Crippen LogP contribution in [0.1, 0.15) is 22.8 Å². The summed E-state index contributed by atoms with van der Waals surface area (Å²) in [6.07, 6.45) is 0.117. The average molecular weight is 430 g/mol. The maximum atomic E-state index is 12.0. The maximum Gasteiger partial charge on any atom is 0.248 e. The number of benzene rings is 3. The zero-order valence-electron chi connectivity index (χ0n) is 17.8. The SMILES string of the molecule is Nc1ccc(CCNC[C@H](O)c2ccc(OCc3ccccc3)c3[nH]c(=O)ccc23)cc1. The molecule has 0 spiro atoms. The van der Waals surface area contributed by atoms with Crippen LogP contribution in [0.15, 0.2) is 83.7 Å². The van der Waals surface area contributed by atoms with Gasteiger partial charge in [-0.1, -0.05) is 48.5 Å². The Morgan fingerprint density at radius 1 is 0.938 bits per heavy atom. The Balaban J connectivity index is 1.45. The summed E-state index contributed by atoms with van der Waals surface area (Å²) < 4.78 is 5.97. The van der Waals surface area contributed by atoms with Crippen LogP contribution < -0.4 is 21.3 Å². The van der Waals surface area contributed by atoms with Crippen LogP contribution in [0.3, 0.4) is 0 Å². The Bertz CT molecular complexity index is 1220. The van der Waals surface area contributed by atoms with Crippen LogP contribution in [0.5, 0.6) is 5.75 Å². The Kier molecular flexibility index (Phi) is 6.84. The number of fused-ring (bicyclic) bond motifs is 1. The molecule has 0 aliphatic rings. The Morgan fingerprint density at radius 2 is 1.72 bits per heavy atom. The van der Waals surface area contributed by atoms with Crippen molar-refractivity contribution in [1.82, 2.24) is 10.3 Å². The van der Waals surface area contributed by atoms with Crippen molar-refractivity contribution in [3.63, 3.8) is 0 Å². The summed E-state index contributed by atoms with van der Waals surface area (Å²) in [5.41, 5.74) is 9.80. The number of rotatable bonds is 9. The summed E-state index contributed by atoms with van der Waals surface area (Å²) in [6.45, 7) is 1.52. The van der Waals surface area contributed by atoms with E-state index < -0.39 is 6.10 Å². The summed E-state index contributed by atoms with van der Waals surface area (Å²) >= 11 is 0. The van der Waals surface area contributed by atoms with Crippen molar-refractivity contribution < 1.29 is 9.84 Å². The number of aliphatic hydroxyl groups is 1. The van der Waals surface area contributed by atoms with Crippen molar-refractivity contribution in [2.75, 3.05) is 18.8 Å². The lowest BCUT2D eigenvalue weighted by Crippen LogP contribution is -2.24. The van der Waals surface area contributed by atoms with Crippen molar-refractivity contribution in [3.05, 3.63) is 106 Å². The lowest BCUT2D eigenvalue weighted by molar-refractivity contribution is 0.176. The number of hydrogen-bond acceptors (Lipinski definition) is 5. The molecule has 1 aromatic heterocycles. The molecule has 1 heterocycles. The minimum atomic E-state index is -0.724. The number of aromatic nitrogens is 1. The lowest BCUT2D eigenvalue weighted by Gasteiger charge is -2.17. The first-order valence-electron chi connectivity index (χ1n) is 10.7. The number of hydrogen-bond donors (Lipinski definition) is 4. The molecule has 0 saturated heterocycles. The summed E-state index contributed by atoms with van der Waals surface area (Å²) in [5.74, 6) is 0.578. The van der Waals surface area contributed by atoms with E-state index >= 15 is 0 Å². The normalized spacial score (nSPS) is 12.0. The number of aliphatic hydroxyl groups excluding tert-OH is 1. The van der Waals surface area contributed by atoms with Gasteiger partial charge in [0.2, 0.25) is 5.56 Å². The first-order chi connectivity index (χ1) is 15.6. The predicted molar refractivity (Wildman–Crippen MR) is 128 cm³/mol. The van der Waals surface area contributed by atoms with Gasteiger partial charge in [0.25, 0.3) is 0 Å². The van der Waals surface area contributed by atoms with E-state index in [9.17, 15) is 9.90 Å². The largest absolute Gasteiger partial charge is 0.487 e. The van der Waals surface area contributed by atoms with Gasteiger partial charge in [0.1, 0.15) is 12.4 Å². The molecular formula is C26H27N3O3. The van der Waals surface area contributed by atoms with E-state index in [0.29, 0.717) is 24.4 Å². The molecule has 5 N–H and O–H groups in total. The summed E-state index contributed by atoms with van der Waals surface area (Å²) in [7, 11) is 0. The number of nitrogen functional groups attached to an aromatic ring is 1. The molecule has 6 heteroatoms. The van der Waals surface area contributed by atoms with Crippen LogP contribution in [0.4, 0.5) is 5.69 Å². The second-order valence-corrected chi connectivity index (χ2v) is 7.75. The first kappa shape index (κ1) is 21.6. The van der Waals surface area contributed by atoms with E-state index in [0.717, 1.165) is 35.2 Å². The highest BCUT2D eigenvalue weighted by atomic mass is 16.5. The van der Waals surface area contributed by atoms with Crippen LogP contribution in [-0.4, -0.2) is 23.2 Å². The molecule has 0 saturated carbocycles.